The average Bonchev–Trinajstić information content (AvgIpc) is 3.54. The summed E-state index contributed by atoms with van der Waals surface area (Å²) in [6, 6.07) is 4.48. The zero-order chi connectivity index (χ0) is 21.5. The molecular weight excluding hydrogens is 414 g/mol. The Hall–Kier alpha value is -3.39. The fourth-order valence-electron chi connectivity index (χ4n) is 4.93. The number of hydrogen-bond donors (Lipinski definition) is 3. The molecule has 1 aliphatic heterocycles. The molecule has 10 nitrogen and oxygen atoms in total. The lowest BCUT2D eigenvalue weighted by Crippen LogP contribution is -2.36. The molecule has 3 aromatic rings. The van der Waals surface area contributed by atoms with Crippen LogP contribution in [-0.4, -0.2) is 63.5 Å². The van der Waals surface area contributed by atoms with Crippen LogP contribution in [0.1, 0.15) is 18.4 Å². The first-order valence-corrected chi connectivity index (χ1v) is 11.0. The van der Waals surface area contributed by atoms with E-state index in [1.807, 2.05) is 17.2 Å². The van der Waals surface area contributed by atoms with Crippen molar-refractivity contribution in [1.29, 1.82) is 5.26 Å². The largest absolute Gasteiger partial charge is 0.370 e. The second-order valence-corrected chi connectivity index (χ2v) is 8.89. The van der Waals surface area contributed by atoms with Gasteiger partial charge in [0, 0.05) is 62.5 Å². The normalized spacial score (nSPS) is 22.4. The van der Waals surface area contributed by atoms with E-state index in [0.29, 0.717) is 34.5 Å². The van der Waals surface area contributed by atoms with Crippen molar-refractivity contribution in [3.05, 3.63) is 24.0 Å². The predicted molar refractivity (Wildman–Crippen MR) is 119 cm³/mol. The highest BCUT2D eigenvalue weighted by molar-refractivity contribution is 7.10. The highest BCUT2D eigenvalue weighted by Gasteiger charge is 2.44. The molecular formula is C20H23N9OS. The van der Waals surface area contributed by atoms with E-state index in [9.17, 15) is 10.1 Å². The van der Waals surface area contributed by atoms with Gasteiger partial charge in [-0.1, -0.05) is 0 Å². The van der Waals surface area contributed by atoms with Crippen LogP contribution in [0, 0.1) is 23.2 Å². The Morgan fingerprint density at radius 3 is 2.84 bits per heavy atom. The molecule has 3 N–H and O–H groups in total. The number of carbonyl (C=O) groups excluding carboxylic acids is 1. The second-order valence-electron chi connectivity index (χ2n) is 8.14. The number of likely N-dealkylation sites (tertiary alicyclic amines) is 1. The van der Waals surface area contributed by atoms with Gasteiger partial charge in [-0.05, 0) is 30.7 Å². The molecule has 3 aromatic heterocycles. The molecule has 1 aliphatic carbocycles. The maximum Gasteiger partial charge on any atom is 0.323 e. The summed E-state index contributed by atoms with van der Waals surface area (Å²) in [7, 11) is 3.81. The number of amides is 2. The van der Waals surface area contributed by atoms with Gasteiger partial charge in [0.15, 0.2) is 0 Å². The van der Waals surface area contributed by atoms with E-state index >= 15 is 0 Å². The number of rotatable bonds is 4. The van der Waals surface area contributed by atoms with E-state index in [0.717, 1.165) is 42.7 Å². The van der Waals surface area contributed by atoms with E-state index < -0.39 is 0 Å². The van der Waals surface area contributed by atoms with Crippen LogP contribution in [0.25, 0.3) is 11.0 Å². The van der Waals surface area contributed by atoms with Crippen molar-refractivity contribution >= 4 is 45.4 Å². The zero-order valence-electron chi connectivity index (χ0n) is 17.3. The molecule has 0 aromatic carbocycles. The smallest absolute Gasteiger partial charge is 0.323 e. The van der Waals surface area contributed by atoms with Crippen LogP contribution in [0.4, 0.5) is 21.6 Å². The number of carbonyl (C=O) groups is 1. The number of hydrogen-bond acceptors (Lipinski definition) is 8. The minimum absolute atomic E-state index is 0.118. The van der Waals surface area contributed by atoms with Crippen LogP contribution < -0.4 is 15.5 Å². The summed E-state index contributed by atoms with van der Waals surface area (Å²) in [5.74, 6) is 1.41. The summed E-state index contributed by atoms with van der Waals surface area (Å²) in [6.45, 7) is 1.47. The van der Waals surface area contributed by atoms with Crippen LogP contribution in [-0.2, 0) is 0 Å². The fourth-order valence-corrected chi connectivity index (χ4v) is 5.50. The Balaban J connectivity index is 1.26. The van der Waals surface area contributed by atoms with Gasteiger partial charge in [-0.2, -0.15) is 14.6 Å². The highest BCUT2D eigenvalue weighted by atomic mass is 32.1. The molecule has 3 atom stereocenters. The molecule has 2 aliphatic rings. The van der Waals surface area contributed by atoms with Crippen molar-refractivity contribution in [2.45, 2.75) is 18.9 Å². The van der Waals surface area contributed by atoms with Crippen LogP contribution in [0.15, 0.2) is 18.5 Å². The van der Waals surface area contributed by atoms with Crippen molar-refractivity contribution < 1.29 is 4.79 Å². The van der Waals surface area contributed by atoms with E-state index in [-0.39, 0.29) is 6.03 Å². The van der Waals surface area contributed by atoms with E-state index in [4.69, 9.17) is 0 Å². The van der Waals surface area contributed by atoms with Crippen molar-refractivity contribution in [1.82, 2.24) is 24.2 Å². The van der Waals surface area contributed by atoms with Crippen LogP contribution in [0.2, 0.25) is 0 Å². The maximum absolute atomic E-state index is 12.7. The predicted octanol–water partition coefficient (Wildman–Crippen LogP) is 2.71. The quantitative estimate of drug-likeness (QED) is 0.573. The van der Waals surface area contributed by atoms with Crippen LogP contribution >= 0.6 is 11.5 Å². The van der Waals surface area contributed by atoms with E-state index in [1.165, 1.54) is 11.5 Å². The molecule has 5 rings (SSSR count). The molecule has 2 amide bonds. The first-order valence-electron chi connectivity index (χ1n) is 10.2. The zero-order valence-corrected chi connectivity index (χ0v) is 18.1. The van der Waals surface area contributed by atoms with Crippen molar-refractivity contribution in [3.8, 4) is 6.07 Å². The van der Waals surface area contributed by atoms with Gasteiger partial charge in [0.2, 0.25) is 11.1 Å². The lowest BCUT2D eigenvalue weighted by molar-refractivity contribution is 0.218. The number of anilines is 3. The van der Waals surface area contributed by atoms with Gasteiger partial charge in [-0.25, -0.2) is 9.78 Å². The monoisotopic (exact) mass is 437 g/mol. The first-order chi connectivity index (χ1) is 15.1. The third-order valence-electron chi connectivity index (χ3n) is 6.46. The Labute approximate surface area is 183 Å². The maximum atomic E-state index is 12.7. The van der Waals surface area contributed by atoms with Crippen molar-refractivity contribution in [2.24, 2.45) is 11.8 Å². The van der Waals surface area contributed by atoms with Gasteiger partial charge >= 0.3 is 6.03 Å². The second kappa shape index (κ2) is 7.70. The Bertz CT molecular complexity index is 1150. The molecule has 11 heteroatoms. The molecule has 160 valence electrons. The van der Waals surface area contributed by atoms with Gasteiger partial charge < -0.3 is 20.1 Å². The van der Waals surface area contributed by atoms with Crippen LogP contribution in [0.5, 0.6) is 0 Å². The van der Waals surface area contributed by atoms with Crippen molar-refractivity contribution in [2.75, 3.05) is 42.7 Å². The number of nitriles is 1. The summed E-state index contributed by atoms with van der Waals surface area (Å²) in [5, 5.41) is 16.8. The van der Waals surface area contributed by atoms with Gasteiger partial charge in [-0.3, -0.25) is 5.32 Å². The molecule has 0 bridgehead atoms. The van der Waals surface area contributed by atoms with E-state index in [1.54, 1.807) is 13.2 Å². The molecule has 4 heterocycles. The van der Waals surface area contributed by atoms with Crippen molar-refractivity contribution in [3.63, 3.8) is 0 Å². The number of H-pyrrole nitrogens is 1. The standard InChI is InChI=1S/C20H23N9OS/c1-22-18-25-19(31-27-18)26-20(30)29-9-11-5-14(6-12(11)10-29)28(2)16-13(7-21)8-24-17-15(16)3-4-23-17/h3-4,8,11-12,14H,5-6,9-10H2,1-2H3,(H,23,24)(H2,22,25,26,27,30)/t11-,12+,14?. The number of urea groups is 1. The molecule has 1 unspecified atom stereocenters. The molecule has 0 radical (unpaired) electrons. The van der Waals surface area contributed by atoms with Gasteiger partial charge in [-0.15, -0.1) is 0 Å². The summed E-state index contributed by atoms with van der Waals surface area (Å²) in [5.41, 5.74) is 2.32. The Morgan fingerprint density at radius 2 is 2.16 bits per heavy atom. The molecule has 31 heavy (non-hydrogen) atoms. The highest BCUT2D eigenvalue weighted by Crippen LogP contribution is 2.42. The molecule has 1 saturated carbocycles. The number of aromatic amines is 1. The third kappa shape index (κ3) is 3.42. The lowest BCUT2D eigenvalue weighted by Gasteiger charge is -2.29. The lowest BCUT2D eigenvalue weighted by atomic mass is 10.0. The minimum atomic E-state index is -0.118. The summed E-state index contributed by atoms with van der Waals surface area (Å²) in [6.07, 6.45) is 5.48. The van der Waals surface area contributed by atoms with Gasteiger partial charge in [0.05, 0.1) is 11.3 Å². The number of nitrogens with one attached hydrogen (secondary N) is 3. The number of nitrogens with zero attached hydrogens (tertiary/aromatic N) is 6. The molecule has 1 saturated heterocycles. The first kappa shape index (κ1) is 19.6. The van der Waals surface area contributed by atoms with Gasteiger partial charge in [0.1, 0.15) is 11.7 Å². The summed E-state index contributed by atoms with van der Waals surface area (Å²) < 4.78 is 4.11. The van der Waals surface area contributed by atoms with Crippen LogP contribution in [0.3, 0.4) is 0 Å². The molecule has 0 spiro atoms. The topological polar surface area (TPSA) is 126 Å². The Kier molecular flexibility index (Phi) is 4.86. The van der Waals surface area contributed by atoms with E-state index in [2.05, 4.69) is 48.0 Å². The Morgan fingerprint density at radius 1 is 1.39 bits per heavy atom. The number of pyridine rings is 1. The molecule has 2 fully saturated rings. The minimum Gasteiger partial charge on any atom is -0.370 e. The third-order valence-corrected chi connectivity index (χ3v) is 7.09. The summed E-state index contributed by atoms with van der Waals surface area (Å²) >= 11 is 1.17. The summed E-state index contributed by atoms with van der Waals surface area (Å²) in [4.78, 5) is 28.5. The number of fused-ring (bicyclic) bond motifs is 2. The van der Waals surface area contributed by atoms with Gasteiger partial charge in [0.25, 0.3) is 0 Å². The fraction of sp³-hybridized carbons (Fsp3) is 0.450. The number of aromatic nitrogens is 4. The average molecular weight is 438 g/mol. The SMILES string of the molecule is CNc1nsc(NC(=O)N2C[C@H]3CC(N(C)c4c(C#N)cnc5[nH]ccc45)C[C@H]3C2)n1.